The number of carbonyl (C=O) groups is 2. The highest BCUT2D eigenvalue weighted by Crippen LogP contribution is 2.39. The smallest absolute Gasteiger partial charge is 0.198 e. The summed E-state index contributed by atoms with van der Waals surface area (Å²) in [6, 6.07) is 8.32. The molecule has 0 N–H and O–H groups in total. The van der Waals surface area contributed by atoms with E-state index in [9.17, 15) is 18.0 Å². The van der Waals surface area contributed by atoms with Gasteiger partial charge in [0.2, 0.25) is 0 Å². The van der Waals surface area contributed by atoms with Crippen molar-refractivity contribution in [2.24, 2.45) is 0 Å². The first kappa shape index (κ1) is 19.4. The van der Waals surface area contributed by atoms with Crippen molar-refractivity contribution in [1.29, 1.82) is 0 Å². The van der Waals surface area contributed by atoms with Crippen molar-refractivity contribution in [3.05, 3.63) is 63.2 Å². The lowest BCUT2D eigenvalue weighted by Crippen LogP contribution is -2.19. The summed E-state index contributed by atoms with van der Waals surface area (Å²) in [5, 5.41) is 0.847. The molecule has 144 valence electrons. The van der Waals surface area contributed by atoms with Crippen molar-refractivity contribution in [3.63, 3.8) is 0 Å². The minimum absolute atomic E-state index is 0.0118. The van der Waals surface area contributed by atoms with E-state index in [1.165, 1.54) is 23.9 Å². The van der Waals surface area contributed by atoms with Gasteiger partial charge in [-0.2, -0.15) is 0 Å². The SMILES string of the molecule is O=C1CCCC(Sc2ccccn2)=C1C(=O)c1ccc2c(c1Cl)CCS2(=O)=O. The molecular weight excluding hydrogens is 418 g/mol. The number of carbonyl (C=O) groups excluding carboxylic acids is 2. The van der Waals surface area contributed by atoms with E-state index in [0.29, 0.717) is 34.8 Å². The second kappa shape index (κ2) is 7.46. The maximum absolute atomic E-state index is 13.2. The Hall–Kier alpha value is -1.96. The van der Waals surface area contributed by atoms with E-state index < -0.39 is 15.6 Å². The van der Waals surface area contributed by atoms with Gasteiger partial charge in [-0.25, -0.2) is 13.4 Å². The van der Waals surface area contributed by atoms with Crippen LogP contribution >= 0.6 is 23.4 Å². The number of allylic oxidation sites excluding steroid dienone is 2. The summed E-state index contributed by atoms with van der Waals surface area (Å²) in [6.07, 6.45) is 3.54. The second-order valence-electron chi connectivity index (χ2n) is 6.65. The van der Waals surface area contributed by atoms with E-state index >= 15 is 0 Å². The molecule has 2 aliphatic rings. The molecule has 5 nitrogen and oxygen atoms in total. The summed E-state index contributed by atoms with van der Waals surface area (Å²) in [4.78, 5) is 31.0. The zero-order valence-electron chi connectivity index (χ0n) is 14.8. The van der Waals surface area contributed by atoms with Crippen molar-refractivity contribution in [2.75, 3.05) is 5.75 Å². The number of fused-ring (bicyclic) bond motifs is 1. The fraction of sp³-hybridized carbons (Fsp3) is 0.250. The van der Waals surface area contributed by atoms with Crippen LogP contribution in [0.2, 0.25) is 5.02 Å². The number of thioether (sulfide) groups is 1. The van der Waals surface area contributed by atoms with Crippen molar-refractivity contribution in [2.45, 2.75) is 35.6 Å². The Bertz CT molecular complexity index is 1120. The van der Waals surface area contributed by atoms with Crippen LogP contribution in [0.15, 0.2) is 56.9 Å². The monoisotopic (exact) mass is 433 g/mol. The number of nitrogens with zero attached hydrogens (tertiary/aromatic N) is 1. The van der Waals surface area contributed by atoms with E-state index in [0.717, 1.165) is 0 Å². The Labute approximate surface area is 172 Å². The predicted octanol–water partition coefficient (Wildman–Crippen LogP) is 4.05. The molecule has 28 heavy (non-hydrogen) atoms. The summed E-state index contributed by atoms with van der Waals surface area (Å²) >= 11 is 7.73. The number of Topliss-reactive ketones (excluding diaryl/α,β-unsaturated/α-hetero) is 2. The number of sulfone groups is 1. The Kier molecular flexibility index (Phi) is 5.16. The average Bonchev–Trinajstić information content (AvgIpc) is 2.98. The first-order chi connectivity index (χ1) is 13.4. The normalized spacial score (nSPS) is 18.2. The van der Waals surface area contributed by atoms with Gasteiger partial charge >= 0.3 is 0 Å². The molecule has 1 aliphatic heterocycles. The van der Waals surface area contributed by atoms with Crippen LogP contribution in [0.1, 0.15) is 35.2 Å². The van der Waals surface area contributed by atoms with Crippen molar-refractivity contribution in [1.82, 2.24) is 4.98 Å². The van der Waals surface area contributed by atoms with E-state index in [2.05, 4.69) is 4.98 Å². The molecule has 0 atom stereocenters. The molecule has 0 saturated carbocycles. The fourth-order valence-electron chi connectivity index (χ4n) is 3.49. The topological polar surface area (TPSA) is 81.2 Å². The summed E-state index contributed by atoms with van der Waals surface area (Å²) in [6.45, 7) is 0. The van der Waals surface area contributed by atoms with Gasteiger partial charge in [-0.05, 0) is 49.1 Å². The van der Waals surface area contributed by atoms with Crippen LogP contribution in [0.5, 0.6) is 0 Å². The lowest BCUT2D eigenvalue weighted by molar-refractivity contribution is -0.115. The van der Waals surface area contributed by atoms with E-state index in [1.54, 1.807) is 12.3 Å². The molecule has 4 rings (SSSR count). The Morgan fingerprint density at radius 2 is 1.93 bits per heavy atom. The van der Waals surface area contributed by atoms with Crippen LogP contribution in [0.4, 0.5) is 0 Å². The number of hydrogen-bond donors (Lipinski definition) is 0. The molecule has 0 saturated heterocycles. The van der Waals surface area contributed by atoms with Gasteiger partial charge in [-0.1, -0.05) is 29.4 Å². The minimum Gasteiger partial charge on any atom is -0.294 e. The third-order valence-electron chi connectivity index (χ3n) is 4.86. The first-order valence-corrected chi connectivity index (χ1v) is 11.7. The number of pyridine rings is 1. The highest BCUT2D eigenvalue weighted by atomic mass is 35.5. The Balaban J connectivity index is 1.78. The van der Waals surface area contributed by atoms with Crippen LogP contribution in [0.3, 0.4) is 0 Å². The summed E-state index contributed by atoms with van der Waals surface area (Å²) in [5.41, 5.74) is 0.793. The number of hydrogen-bond acceptors (Lipinski definition) is 6. The molecule has 1 aromatic heterocycles. The van der Waals surface area contributed by atoms with Gasteiger partial charge in [-0.15, -0.1) is 0 Å². The number of aromatic nitrogens is 1. The number of halogens is 1. The molecule has 0 bridgehead atoms. The molecule has 0 fully saturated rings. The minimum atomic E-state index is -3.34. The van der Waals surface area contributed by atoms with Crippen LogP contribution < -0.4 is 0 Å². The number of rotatable bonds is 4. The van der Waals surface area contributed by atoms with Gasteiger partial charge in [0.15, 0.2) is 21.4 Å². The maximum Gasteiger partial charge on any atom is 0.198 e. The molecule has 1 aliphatic carbocycles. The predicted molar refractivity (Wildman–Crippen MR) is 108 cm³/mol. The highest BCUT2D eigenvalue weighted by Gasteiger charge is 2.33. The maximum atomic E-state index is 13.2. The molecule has 0 radical (unpaired) electrons. The van der Waals surface area contributed by atoms with Crippen LogP contribution in [-0.4, -0.2) is 30.7 Å². The quantitative estimate of drug-likeness (QED) is 0.534. The lowest BCUT2D eigenvalue weighted by atomic mass is 9.91. The summed E-state index contributed by atoms with van der Waals surface area (Å²) in [5.74, 6) is -0.665. The molecule has 2 heterocycles. The third kappa shape index (κ3) is 3.43. The summed E-state index contributed by atoms with van der Waals surface area (Å²) in [7, 11) is -3.34. The standard InChI is InChI=1S/C20H16ClNO4S2/c21-19-12-9-11-28(25,26)16(12)8-7-13(19)20(24)18-14(23)4-3-5-15(18)27-17-6-1-2-10-22-17/h1-2,6-8,10H,3-5,9,11H2. The van der Waals surface area contributed by atoms with Crippen molar-refractivity contribution >= 4 is 44.8 Å². The highest BCUT2D eigenvalue weighted by molar-refractivity contribution is 8.03. The van der Waals surface area contributed by atoms with E-state index in [1.807, 2.05) is 12.1 Å². The number of ketones is 2. The van der Waals surface area contributed by atoms with Crippen molar-refractivity contribution < 1.29 is 18.0 Å². The molecule has 0 unspecified atom stereocenters. The van der Waals surface area contributed by atoms with Crippen molar-refractivity contribution in [3.8, 4) is 0 Å². The van der Waals surface area contributed by atoms with Crippen LogP contribution in [-0.2, 0) is 21.1 Å². The van der Waals surface area contributed by atoms with E-state index in [4.69, 9.17) is 11.6 Å². The van der Waals surface area contributed by atoms with Gasteiger partial charge in [-0.3, -0.25) is 9.59 Å². The third-order valence-corrected chi connectivity index (χ3v) is 8.19. The van der Waals surface area contributed by atoms with Gasteiger partial charge in [0.05, 0.1) is 21.2 Å². The number of benzene rings is 1. The van der Waals surface area contributed by atoms with Gasteiger partial charge in [0, 0.05) is 23.1 Å². The van der Waals surface area contributed by atoms with Gasteiger partial charge < -0.3 is 0 Å². The lowest BCUT2D eigenvalue weighted by Gasteiger charge is -2.18. The zero-order valence-corrected chi connectivity index (χ0v) is 17.2. The fourth-order valence-corrected chi connectivity index (χ4v) is 6.50. The molecular formula is C20H16ClNO4S2. The molecule has 0 amide bonds. The van der Waals surface area contributed by atoms with Gasteiger partial charge in [0.25, 0.3) is 0 Å². The molecule has 8 heteroatoms. The molecule has 2 aromatic rings. The Morgan fingerprint density at radius 1 is 1.11 bits per heavy atom. The molecule has 1 aromatic carbocycles. The van der Waals surface area contributed by atoms with Crippen LogP contribution in [0.25, 0.3) is 0 Å². The second-order valence-corrected chi connectivity index (χ2v) is 10.2. The van der Waals surface area contributed by atoms with Crippen LogP contribution in [0, 0.1) is 0 Å². The largest absolute Gasteiger partial charge is 0.294 e. The molecule has 0 spiro atoms. The zero-order chi connectivity index (χ0) is 19.9. The van der Waals surface area contributed by atoms with Gasteiger partial charge in [0.1, 0.15) is 5.03 Å². The summed E-state index contributed by atoms with van der Waals surface area (Å²) < 4.78 is 24.2. The Morgan fingerprint density at radius 3 is 2.68 bits per heavy atom. The average molecular weight is 434 g/mol. The first-order valence-electron chi connectivity index (χ1n) is 8.82. The van der Waals surface area contributed by atoms with E-state index in [-0.39, 0.29) is 39.0 Å².